The molecule has 1 aliphatic rings. The summed E-state index contributed by atoms with van der Waals surface area (Å²) in [6.07, 6.45) is 6.50. The van der Waals surface area contributed by atoms with Gasteiger partial charge in [0, 0.05) is 36.1 Å². The molecule has 4 aromatic rings. The second-order valence-electron chi connectivity index (χ2n) is 7.15. The summed E-state index contributed by atoms with van der Waals surface area (Å²) in [7, 11) is 1.78. The summed E-state index contributed by atoms with van der Waals surface area (Å²) < 4.78 is 14.8. The number of hydrogen-bond acceptors (Lipinski definition) is 5. The standard InChI is InChI=1S/C22H17FN6O/c1-24-21-19-11-25-20(27-22(30)13-2-3-13)9-18(19)14(10-26-21)4-6-16-8-17-7-5-15(23)12-29(17)28-16/h5,7-13H,2-3H2,1H3,(H,24,26)(H,25,27,30). The summed E-state index contributed by atoms with van der Waals surface area (Å²) in [6, 6.07) is 6.62. The summed E-state index contributed by atoms with van der Waals surface area (Å²) >= 11 is 0. The minimum Gasteiger partial charge on any atom is -0.373 e. The Morgan fingerprint density at radius 1 is 1.17 bits per heavy atom. The zero-order valence-electron chi connectivity index (χ0n) is 16.1. The third-order valence-corrected chi connectivity index (χ3v) is 4.96. The molecule has 4 heterocycles. The Hall–Kier alpha value is -3.99. The predicted octanol–water partition coefficient (Wildman–Crippen LogP) is 3.21. The lowest BCUT2D eigenvalue weighted by Gasteiger charge is -2.09. The van der Waals surface area contributed by atoms with Crippen molar-refractivity contribution in [2.75, 3.05) is 17.7 Å². The van der Waals surface area contributed by atoms with Gasteiger partial charge in [-0.15, -0.1) is 0 Å². The summed E-state index contributed by atoms with van der Waals surface area (Å²) in [4.78, 5) is 20.9. The Morgan fingerprint density at radius 3 is 2.83 bits per heavy atom. The number of nitrogens with one attached hydrogen (secondary N) is 2. The molecule has 7 nitrogen and oxygen atoms in total. The van der Waals surface area contributed by atoms with Gasteiger partial charge in [-0.1, -0.05) is 5.92 Å². The van der Waals surface area contributed by atoms with E-state index >= 15 is 0 Å². The number of carbonyl (C=O) groups excluding carboxylic acids is 1. The molecule has 4 aromatic heterocycles. The lowest BCUT2D eigenvalue weighted by molar-refractivity contribution is -0.117. The molecule has 0 saturated heterocycles. The van der Waals surface area contributed by atoms with E-state index in [1.807, 2.05) is 0 Å². The molecule has 1 amide bonds. The topological polar surface area (TPSA) is 84.2 Å². The molecule has 8 heteroatoms. The molecule has 5 rings (SSSR count). The number of rotatable bonds is 3. The fourth-order valence-electron chi connectivity index (χ4n) is 3.23. The zero-order valence-corrected chi connectivity index (χ0v) is 16.1. The van der Waals surface area contributed by atoms with Crippen LogP contribution < -0.4 is 10.6 Å². The second-order valence-corrected chi connectivity index (χ2v) is 7.15. The van der Waals surface area contributed by atoms with Crippen LogP contribution >= 0.6 is 0 Å². The average Bonchev–Trinajstić information content (AvgIpc) is 3.52. The van der Waals surface area contributed by atoms with Crippen LogP contribution in [0.5, 0.6) is 0 Å². The Balaban J connectivity index is 1.55. The van der Waals surface area contributed by atoms with Gasteiger partial charge in [-0.25, -0.2) is 18.9 Å². The highest BCUT2D eigenvalue weighted by Gasteiger charge is 2.29. The normalized spacial score (nSPS) is 13.1. The largest absolute Gasteiger partial charge is 0.373 e. The van der Waals surface area contributed by atoms with Crippen molar-refractivity contribution in [2.24, 2.45) is 5.92 Å². The molecule has 0 atom stereocenters. The molecule has 148 valence electrons. The van der Waals surface area contributed by atoms with Crippen molar-refractivity contribution < 1.29 is 9.18 Å². The molecule has 0 aliphatic heterocycles. The average molecular weight is 400 g/mol. The van der Waals surface area contributed by atoms with Crippen LogP contribution in [0, 0.1) is 23.6 Å². The number of aromatic nitrogens is 4. The van der Waals surface area contributed by atoms with Crippen LogP contribution in [-0.2, 0) is 4.79 Å². The number of fused-ring (bicyclic) bond motifs is 2. The summed E-state index contributed by atoms with van der Waals surface area (Å²) in [5.41, 5.74) is 1.95. The van der Waals surface area contributed by atoms with Gasteiger partial charge in [0.15, 0.2) is 0 Å². The summed E-state index contributed by atoms with van der Waals surface area (Å²) in [6.45, 7) is 0. The van der Waals surface area contributed by atoms with Gasteiger partial charge >= 0.3 is 0 Å². The molecule has 2 N–H and O–H groups in total. The molecule has 0 unspecified atom stereocenters. The molecule has 30 heavy (non-hydrogen) atoms. The van der Waals surface area contributed by atoms with Crippen LogP contribution in [0.1, 0.15) is 24.1 Å². The van der Waals surface area contributed by atoms with E-state index in [9.17, 15) is 9.18 Å². The number of anilines is 2. The maximum atomic E-state index is 13.4. The fourth-order valence-corrected chi connectivity index (χ4v) is 3.23. The zero-order chi connectivity index (χ0) is 20.7. The van der Waals surface area contributed by atoms with Gasteiger partial charge in [0.05, 0.1) is 17.3 Å². The van der Waals surface area contributed by atoms with E-state index < -0.39 is 0 Å². The van der Waals surface area contributed by atoms with Crippen LogP contribution in [-0.4, -0.2) is 32.5 Å². The van der Waals surface area contributed by atoms with E-state index in [0.717, 1.165) is 29.1 Å². The van der Waals surface area contributed by atoms with Crippen LogP contribution in [0.25, 0.3) is 16.3 Å². The molecular weight excluding hydrogens is 383 g/mol. The maximum Gasteiger partial charge on any atom is 0.228 e. The van der Waals surface area contributed by atoms with Crippen LogP contribution in [0.4, 0.5) is 16.0 Å². The highest BCUT2D eigenvalue weighted by Crippen LogP contribution is 2.31. The lowest BCUT2D eigenvalue weighted by atomic mass is 10.1. The van der Waals surface area contributed by atoms with E-state index in [4.69, 9.17) is 0 Å². The highest BCUT2D eigenvalue weighted by atomic mass is 19.1. The maximum absolute atomic E-state index is 13.4. The minimum atomic E-state index is -0.365. The Bertz CT molecular complexity index is 1360. The SMILES string of the molecule is CNc1ncc(C#Cc2cc3ccc(F)cn3n2)c2cc(NC(=O)C3CC3)ncc12. The van der Waals surface area contributed by atoms with Gasteiger partial charge in [0.1, 0.15) is 23.1 Å². The second kappa shape index (κ2) is 7.12. The third-order valence-electron chi connectivity index (χ3n) is 4.96. The molecule has 0 radical (unpaired) electrons. The Morgan fingerprint density at radius 2 is 2.03 bits per heavy atom. The van der Waals surface area contributed by atoms with Gasteiger partial charge in [-0.2, -0.15) is 5.10 Å². The molecular formula is C22H17FN6O. The lowest BCUT2D eigenvalue weighted by Crippen LogP contribution is -2.14. The van der Waals surface area contributed by atoms with Crippen molar-refractivity contribution >= 4 is 33.8 Å². The van der Waals surface area contributed by atoms with Crippen LogP contribution in [0.3, 0.4) is 0 Å². The first-order valence-electron chi connectivity index (χ1n) is 9.55. The highest BCUT2D eigenvalue weighted by molar-refractivity contribution is 5.99. The van der Waals surface area contributed by atoms with Crippen molar-refractivity contribution in [3.63, 3.8) is 0 Å². The summed E-state index contributed by atoms with van der Waals surface area (Å²) in [5, 5.41) is 11.8. The quantitative estimate of drug-likeness (QED) is 0.516. The van der Waals surface area contributed by atoms with E-state index in [0.29, 0.717) is 22.9 Å². The van der Waals surface area contributed by atoms with E-state index in [-0.39, 0.29) is 17.6 Å². The Kier molecular flexibility index (Phi) is 4.29. The summed E-state index contributed by atoms with van der Waals surface area (Å²) in [5.74, 6) is 6.99. The number of carbonyl (C=O) groups is 1. The number of pyridine rings is 3. The van der Waals surface area contributed by atoms with Crippen LogP contribution in [0.2, 0.25) is 0 Å². The van der Waals surface area contributed by atoms with Gasteiger partial charge in [0.25, 0.3) is 0 Å². The molecule has 1 aliphatic carbocycles. The minimum absolute atomic E-state index is 0.00527. The fraction of sp³-hybridized carbons (Fsp3) is 0.182. The smallest absolute Gasteiger partial charge is 0.228 e. The molecule has 0 bridgehead atoms. The monoisotopic (exact) mass is 400 g/mol. The van der Waals surface area contributed by atoms with Crippen molar-refractivity contribution in [1.82, 2.24) is 19.6 Å². The van der Waals surface area contributed by atoms with Gasteiger partial charge in [-0.05, 0) is 43.0 Å². The van der Waals surface area contributed by atoms with Crippen molar-refractivity contribution in [2.45, 2.75) is 12.8 Å². The number of amides is 1. The first-order valence-corrected chi connectivity index (χ1v) is 9.55. The first kappa shape index (κ1) is 18.1. The van der Waals surface area contributed by atoms with Gasteiger partial charge in [-0.3, -0.25) is 4.79 Å². The first-order chi connectivity index (χ1) is 14.6. The van der Waals surface area contributed by atoms with E-state index in [1.54, 1.807) is 37.6 Å². The van der Waals surface area contributed by atoms with Crippen molar-refractivity contribution in [3.8, 4) is 11.8 Å². The molecule has 1 saturated carbocycles. The van der Waals surface area contributed by atoms with Crippen LogP contribution in [0.15, 0.2) is 42.9 Å². The van der Waals surface area contributed by atoms with Crippen molar-refractivity contribution in [1.29, 1.82) is 0 Å². The van der Waals surface area contributed by atoms with E-state index in [2.05, 4.69) is 37.5 Å². The predicted molar refractivity (Wildman–Crippen MR) is 112 cm³/mol. The molecule has 0 spiro atoms. The number of halogens is 1. The van der Waals surface area contributed by atoms with E-state index in [1.165, 1.54) is 16.8 Å². The van der Waals surface area contributed by atoms with Gasteiger partial charge < -0.3 is 10.6 Å². The molecule has 0 aromatic carbocycles. The van der Waals surface area contributed by atoms with Crippen molar-refractivity contribution in [3.05, 3.63) is 59.9 Å². The third kappa shape index (κ3) is 3.42. The number of hydrogen-bond donors (Lipinski definition) is 2. The van der Waals surface area contributed by atoms with Gasteiger partial charge in [0.2, 0.25) is 5.91 Å². The number of nitrogens with zero attached hydrogens (tertiary/aromatic N) is 4. The Labute approximate surface area is 171 Å². The molecule has 1 fully saturated rings.